The van der Waals surface area contributed by atoms with E-state index in [2.05, 4.69) is 25.7 Å². The fraction of sp³-hybridized carbons (Fsp3) is 0.476. The maximum Gasteiger partial charge on any atom is 0.236 e. The second-order valence-electron chi connectivity index (χ2n) is 7.54. The van der Waals surface area contributed by atoms with Crippen LogP contribution in [-0.4, -0.2) is 43.7 Å². The van der Waals surface area contributed by atoms with Crippen molar-refractivity contribution >= 4 is 34.1 Å². The van der Waals surface area contributed by atoms with E-state index in [-0.39, 0.29) is 18.3 Å². The van der Waals surface area contributed by atoms with E-state index >= 15 is 0 Å². The molecule has 1 N–H and O–H groups in total. The molecule has 0 bridgehead atoms. The molecular weight excluding hydrogens is 448 g/mol. The first-order chi connectivity index (χ1) is 15.6. The van der Waals surface area contributed by atoms with Crippen LogP contribution in [0.4, 0.5) is 5.13 Å². The summed E-state index contributed by atoms with van der Waals surface area (Å²) in [6.07, 6.45) is 6.11. The summed E-state index contributed by atoms with van der Waals surface area (Å²) < 4.78 is 12.7. The van der Waals surface area contributed by atoms with Crippen LogP contribution in [0.25, 0.3) is 0 Å². The lowest BCUT2D eigenvalue weighted by Gasteiger charge is -2.18. The monoisotopic (exact) mass is 474 g/mol. The van der Waals surface area contributed by atoms with E-state index in [0.29, 0.717) is 27.8 Å². The Hall–Kier alpha value is -2.66. The van der Waals surface area contributed by atoms with Gasteiger partial charge in [-0.3, -0.25) is 10.1 Å². The van der Waals surface area contributed by atoms with Gasteiger partial charge in [-0.2, -0.15) is 0 Å². The first-order valence-electron chi connectivity index (χ1n) is 10.5. The summed E-state index contributed by atoms with van der Waals surface area (Å²) in [6, 6.07) is 7.34. The van der Waals surface area contributed by atoms with Crippen molar-refractivity contribution in [3.63, 3.8) is 0 Å². The summed E-state index contributed by atoms with van der Waals surface area (Å²) in [7, 11) is 3.48. The quantitative estimate of drug-likeness (QED) is 0.464. The molecule has 1 saturated carbocycles. The van der Waals surface area contributed by atoms with Crippen LogP contribution in [0.5, 0.6) is 11.5 Å². The molecule has 1 aliphatic carbocycles. The average Bonchev–Trinajstić information content (AvgIpc) is 3.43. The topological polar surface area (TPSA) is 104 Å². The number of hydrogen-bond donors (Lipinski definition) is 1. The van der Waals surface area contributed by atoms with E-state index < -0.39 is 0 Å². The number of nitrogens with one attached hydrogen (secondary N) is 1. The number of aromatic nitrogens is 5. The standard InChI is InChI=1S/C21H26N6O3S2/c1-27-17(12-30-16-10-8-15(29-2)9-11-16)23-26-21(27)31-13-18(28)22-20-25-24-19(32-20)14-6-4-3-5-7-14/h8-11,14H,3-7,12-13H2,1-2H3,(H,22,25,28). The Balaban J connectivity index is 1.25. The molecule has 0 atom stereocenters. The van der Waals surface area contributed by atoms with Gasteiger partial charge in [-0.15, -0.1) is 20.4 Å². The van der Waals surface area contributed by atoms with E-state index in [1.165, 1.54) is 42.4 Å². The van der Waals surface area contributed by atoms with Gasteiger partial charge in [-0.1, -0.05) is 42.4 Å². The fourth-order valence-corrected chi connectivity index (χ4v) is 5.16. The zero-order chi connectivity index (χ0) is 22.3. The van der Waals surface area contributed by atoms with E-state index in [1.807, 2.05) is 35.9 Å². The van der Waals surface area contributed by atoms with E-state index in [9.17, 15) is 4.79 Å². The SMILES string of the molecule is COc1ccc(OCc2nnc(SCC(=O)Nc3nnc(C4CCCCC4)s3)n2C)cc1. The van der Waals surface area contributed by atoms with Gasteiger partial charge in [0.25, 0.3) is 0 Å². The summed E-state index contributed by atoms with van der Waals surface area (Å²) in [6.45, 7) is 0.275. The average molecular weight is 475 g/mol. The number of nitrogens with zero attached hydrogens (tertiary/aromatic N) is 5. The van der Waals surface area contributed by atoms with Gasteiger partial charge in [0.2, 0.25) is 11.0 Å². The summed E-state index contributed by atoms with van der Waals surface area (Å²) in [5.41, 5.74) is 0. The number of rotatable bonds is 9. The molecule has 1 aromatic carbocycles. The number of thioether (sulfide) groups is 1. The molecule has 2 aromatic heterocycles. The van der Waals surface area contributed by atoms with Gasteiger partial charge in [-0.25, -0.2) is 0 Å². The summed E-state index contributed by atoms with van der Waals surface area (Å²) in [4.78, 5) is 12.4. The lowest BCUT2D eigenvalue weighted by Crippen LogP contribution is -2.14. The van der Waals surface area contributed by atoms with Gasteiger partial charge in [0.05, 0.1) is 12.9 Å². The molecule has 4 rings (SSSR count). The summed E-state index contributed by atoms with van der Waals surface area (Å²) >= 11 is 2.80. The minimum Gasteiger partial charge on any atom is -0.497 e. The van der Waals surface area contributed by atoms with Crippen LogP contribution in [0, 0.1) is 0 Å². The highest BCUT2D eigenvalue weighted by molar-refractivity contribution is 7.99. The predicted octanol–water partition coefficient (Wildman–Crippen LogP) is 4.03. The van der Waals surface area contributed by atoms with Crippen molar-refractivity contribution < 1.29 is 14.3 Å². The van der Waals surface area contributed by atoms with E-state index in [4.69, 9.17) is 9.47 Å². The van der Waals surface area contributed by atoms with E-state index in [1.54, 1.807) is 7.11 Å². The molecule has 1 fully saturated rings. The lowest BCUT2D eigenvalue weighted by molar-refractivity contribution is -0.113. The van der Waals surface area contributed by atoms with Crippen molar-refractivity contribution in [2.24, 2.45) is 7.05 Å². The Morgan fingerprint density at radius 3 is 2.62 bits per heavy atom. The van der Waals surface area contributed by atoms with Gasteiger partial charge in [0.15, 0.2) is 11.0 Å². The highest BCUT2D eigenvalue weighted by atomic mass is 32.2. The predicted molar refractivity (Wildman–Crippen MR) is 123 cm³/mol. The van der Waals surface area contributed by atoms with Gasteiger partial charge < -0.3 is 14.0 Å². The van der Waals surface area contributed by atoms with Crippen molar-refractivity contribution in [1.82, 2.24) is 25.0 Å². The van der Waals surface area contributed by atoms with Crippen LogP contribution in [0.15, 0.2) is 29.4 Å². The van der Waals surface area contributed by atoms with Crippen molar-refractivity contribution in [3.8, 4) is 11.5 Å². The molecule has 2 heterocycles. The highest BCUT2D eigenvalue weighted by Gasteiger charge is 2.20. The number of carbonyl (C=O) groups excluding carboxylic acids is 1. The Morgan fingerprint density at radius 2 is 1.88 bits per heavy atom. The Kier molecular flexibility index (Phi) is 7.59. The molecule has 9 nitrogen and oxygen atoms in total. The number of methoxy groups -OCH3 is 1. The number of amides is 1. The highest BCUT2D eigenvalue weighted by Crippen LogP contribution is 2.35. The normalized spacial score (nSPS) is 14.3. The van der Waals surface area contributed by atoms with Crippen LogP contribution >= 0.6 is 23.1 Å². The van der Waals surface area contributed by atoms with Crippen LogP contribution in [0.3, 0.4) is 0 Å². The summed E-state index contributed by atoms with van der Waals surface area (Å²) in [5.74, 6) is 2.71. The minimum absolute atomic E-state index is 0.139. The second kappa shape index (κ2) is 10.8. The molecule has 0 saturated heterocycles. The zero-order valence-corrected chi connectivity index (χ0v) is 19.7. The third-order valence-electron chi connectivity index (χ3n) is 5.33. The fourth-order valence-electron chi connectivity index (χ4n) is 3.50. The number of anilines is 1. The van der Waals surface area contributed by atoms with Crippen LogP contribution in [0.2, 0.25) is 0 Å². The largest absolute Gasteiger partial charge is 0.497 e. The summed E-state index contributed by atoms with van der Waals surface area (Å²) in [5, 5.41) is 21.8. The zero-order valence-electron chi connectivity index (χ0n) is 18.1. The maximum absolute atomic E-state index is 12.4. The molecular formula is C21H26N6O3S2. The third-order valence-corrected chi connectivity index (χ3v) is 7.35. The van der Waals surface area contributed by atoms with Crippen molar-refractivity contribution in [2.75, 3.05) is 18.2 Å². The van der Waals surface area contributed by atoms with Gasteiger partial charge >= 0.3 is 0 Å². The molecule has 32 heavy (non-hydrogen) atoms. The van der Waals surface area contributed by atoms with Gasteiger partial charge in [-0.05, 0) is 37.1 Å². The molecule has 0 aliphatic heterocycles. The number of ether oxygens (including phenoxy) is 2. The molecule has 1 amide bonds. The first-order valence-corrected chi connectivity index (χ1v) is 12.3. The molecule has 1 aliphatic rings. The number of hydrogen-bond acceptors (Lipinski definition) is 9. The number of benzene rings is 1. The van der Waals surface area contributed by atoms with E-state index in [0.717, 1.165) is 23.6 Å². The van der Waals surface area contributed by atoms with Crippen LogP contribution < -0.4 is 14.8 Å². The maximum atomic E-state index is 12.4. The van der Waals surface area contributed by atoms with Crippen molar-refractivity contribution in [2.45, 2.75) is 49.8 Å². The smallest absolute Gasteiger partial charge is 0.236 e. The molecule has 170 valence electrons. The second-order valence-corrected chi connectivity index (χ2v) is 9.49. The van der Waals surface area contributed by atoms with Crippen molar-refractivity contribution in [3.05, 3.63) is 35.1 Å². The minimum atomic E-state index is -0.139. The molecule has 11 heteroatoms. The number of carbonyl (C=O) groups is 1. The molecule has 0 unspecified atom stereocenters. The van der Waals surface area contributed by atoms with Crippen molar-refractivity contribution in [1.29, 1.82) is 0 Å². The first kappa shape index (κ1) is 22.5. The molecule has 3 aromatic rings. The van der Waals surface area contributed by atoms with Crippen LogP contribution in [0.1, 0.15) is 48.9 Å². The van der Waals surface area contributed by atoms with Crippen LogP contribution in [-0.2, 0) is 18.4 Å². The Labute approximate surface area is 194 Å². The molecule has 0 spiro atoms. The molecule has 0 radical (unpaired) electrons. The Morgan fingerprint density at radius 1 is 1.12 bits per heavy atom. The third kappa shape index (κ3) is 5.77. The Bertz CT molecular complexity index is 1030. The lowest BCUT2D eigenvalue weighted by atomic mass is 9.90. The van der Waals surface area contributed by atoms with Gasteiger partial charge in [0, 0.05) is 13.0 Å². The van der Waals surface area contributed by atoms with Gasteiger partial charge in [0.1, 0.15) is 23.1 Å².